The van der Waals surface area contributed by atoms with E-state index in [1.807, 2.05) is 24.3 Å². The molecule has 0 aliphatic carbocycles. The van der Waals surface area contributed by atoms with Gasteiger partial charge in [0, 0.05) is 24.2 Å². The minimum absolute atomic E-state index is 0.131. The molecule has 0 spiro atoms. The summed E-state index contributed by atoms with van der Waals surface area (Å²) >= 11 is 3.45. The number of nitrogens with zero attached hydrogens (tertiary/aromatic N) is 3. The van der Waals surface area contributed by atoms with E-state index in [9.17, 15) is 4.79 Å². The van der Waals surface area contributed by atoms with Gasteiger partial charge >= 0.3 is 0 Å². The number of ether oxygens (including phenoxy) is 1. The molecule has 2 aromatic rings. The molecule has 1 aliphatic heterocycles. The van der Waals surface area contributed by atoms with Crippen molar-refractivity contribution in [2.75, 3.05) is 25.1 Å². The van der Waals surface area contributed by atoms with Crippen LogP contribution in [0, 0.1) is 5.41 Å². The fraction of sp³-hybridized carbons (Fsp3) is 0.438. The number of aromatic nitrogens is 3. The fourth-order valence-electron chi connectivity index (χ4n) is 2.77. The molecule has 7 nitrogen and oxygen atoms in total. The van der Waals surface area contributed by atoms with Gasteiger partial charge in [0.25, 0.3) is 0 Å². The van der Waals surface area contributed by atoms with E-state index in [1.165, 1.54) is 0 Å². The van der Waals surface area contributed by atoms with Crippen molar-refractivity contribution in [1.29, 1.82) is 0 Å². The summed E-state index contributed by atoms with van der Waals surface area (Å²) in [5.74, 6) is 0.169. The van der Waals surface area contributed by atoms with Gasteiger partial charge in [-0.25, -0.2) is 9.67 Å². The Morgan fingerprint density at radius 1 is 1.42 bits per heavy atom. The quantitative estimate of drug-likeness (QED) is 0.806. The molecule has 1 fully saturated rings. The van der Waals surface area contributed by atoms with Gasteiger partial charge in [-0.15, -0.1) is 5.10 Å². The highest BCUT2D eigenvalue weighted by Crippen LogP contribution is 2.30. The van der Waals surface area contributed by atoms with Crippen LogP contribution in [0.4, 0.5) is 5.95 Å². The monoisotopic (exact) mass is 393 g/mol. The molecule has 8 heteroatoms. The van der Waals surface area contributed by atoms with Crippen LogP contribution in [0.3, 0.4) is 0 Å². The summed E-state index contributed by atoms with van der Waals surface area (Å²) in [5, 5.41) is 7.12. The van der Waals surface area contributed by atoms with Gasteiger partial charge in [0.15, 0.2) is 0 Å². The Kier molecular flexibility index (Phi) is 5.27. The second kappa shape index (κ2) is 7.42. The van der Waals surface area contributed by atoms with E-state index in [0.29, 0.717) is 45.1 Å². The van der Waals surface area contributed by atoms with E-state index in [-0.39, 0.29) is 5.91 Å². The van der Waals surface area contributed by atoms with Gasteiger partial charge in [0.2, 0.25) is 11.9 Å². The van der Waals surface area contributed by atoms with Gasteiger partial charge < -0.3 is 10.5 Å². The Morgan fingerprint density at radius 3 is 2.92 bits per heavy atom. The predicted molar refractivity (Wildman–Crippen MR) is 93.4 cm³/mol. The van der Waals surface area contributed by atoms with Gasteiger partial charge in [-0.2, -0.15) is 0 Å². The van der Waals surface area contributed by atoms with E-state index in [4.69, 9.17) is 10.5 Å². The Morgan fingerprint density at radius 2 is 2.21 bits per heavy atom. The molecule has 1 saturated heterocycles. The molecule has 0 saturated carbocycles. The number of nitrogens with one attached hydrogen (secondary N) is 1. The number of amides is 1. The molecule has 0 unspecified atom stereocenters. The highest BCUT2D eigenvalue weighted by Gasteiger charge is 2.39. The third kappa shape index (κ3) is 3.82. The first-order valence-electron chi connectivity index (χ1n) is 7.84. The van der Waals surface area contributed by atoms with Crippen LogP contribution in [-0.4, -0.2) is 40.4 Å². The number of nitrogens with two attached hydrogens (primary N) is 1. The van der Waals surface area contributed by atoms with E-state index < -0.39 is 5.41 Å². The molecule has 24 heavy (non-hydrogen) atoms. The predicted octanol–water partition coefficient (Wildman–Crippen LogP) is 1.78. The van der Waals surface area contributed by atoms with Gasteiger partial charge in [-0.3, -0.25) is 10.1 Å². The SMILES string of the molecule is NCC1(C(=O)Nc2ncn(Cc3cccc(Br)c3)n2)CCOCC1. The zero-order valence-corrected chi connectivity index (χ0v) is 14.8. The molecule has 3 N–H and O–H groups in total. The lowest BCUT2D eigenvalue weighted by molar-refractivity contribution is -0.130. The van der Waals surface area contributed by atoms with Crippen LogP contribution >= 0.6 is 15.9 Å². The average molecular weight is 394 g/mol. The number of hydrogen-bond donors (Lipinski definition) is 2. The first-order valence-corrected chi connectivity index (χ1v) is 8.64. The van der Waals surface area contributed by atoms with Gasteiger partial charge in [0.1, 0.15) is 6.33 Å². The number of carbonyl (C=O) groups excluding carboxylic acids is 1. The topological polar surface area (TPSA) is 95.1 Å². The van der Waals surface area contributed by atoms with Crippen LogP contribution in [0.15, 0.2) is 35.1 Å². The second-order valence-electron chi connectivity index (χ2n) is 5.95. The summed E-state index contributed by atoms with van der Waals surface area (Å²) in [4.78, 5) is 16.8. The van der Waals surface area contributed by atoms with Crippen LogP contribution in [0.25, 0.3) is 0 Å². The Balaban J connectivity index is 1.66. The maximum Gasteiger partial charge on any atom is 0.248 e. The van der Waals surface area contributed by atoms with Crippen molar-refractivity contribution in [3.05, 3.63) is 40.6 Å². The Hall–Kier alpha value is -1.77. The smallest absolute Gasteiger partial charge is 0.248 e. The van der Waals surface area contributed by atoms with Crippen LogP contribution in [0.2, 0.25) is 0 Å². The van der Waals surface area contributed by atoms with E-state index in [2.05, 4.69) is 31.3 Å². The summed E-state index contributed by atoms with van der Waals surface area (Å²) in [6.45, 7) is 1.98. The normalized spacial score (nSPS) is 16.8. The summed E-state index contributed by atoms with van der Waals surface area (Å²) in [6.07, 6.45) is 2.85. The number of carbonyl (C=O) groups is 1. The molecule has 0 atom stereocenters. The van der Waals surface area contributed by atoms with Gasteiger partial charge in [0.05, 0.1) is 12.0 Å². The molecule has 3 rings (SSSR count). The van der Waals surface area contributed by atoms with Crippen LogP contribution in [0.1, 0.15) is 18.4 Å². The van der Waals surface area contributed by atoms with Crippen LogP contribution in [0.5, 0.6) is 0 Å². The maximum atomic E-state index is 12.6. The van der Waals surface area contributed by atoms with Crippen molar-refractivity contribution in [2.45, 2.75) is 19.4 Å². The van der Waals surface area contributed by atoms with E-state index in [1.54, 1.807) is 11.0 Å². The Bertz CT molecular complexity index is 712. The second-order valence-corrected chi connectivity index (χ2v) is 6.86. The lowest BCUT2D eigenvalue weighted by atomic mass is 9.79. The largest absolute Gasteiger partial charge is 0.381 e. The molecule has 2 heterocycles. The highest BCUT2D eigenvalue weighted by atomic mass is 79.9. The van der Waals surface area contributed by atoms with Crippen molar-refractivity contribution in [1.82, 2.24) is 14.8 Å². The highest BCUT2D eigenvalue weighted by molar-refractivity contribution is 9.10. The number of rotatable bonds is 5. The standard InChI is InChI=1S/C16H20BrN5O2/c17-13-3-1-2-12(8-13)9-22-11-19-15(21-22)20-14(23)16(10-18)4-6-24-7-5-16/h1-3,8,11H,4-7,9-10,18H2,(H,20,21,23). The third-order valence-electron chi connectivity index (χ3n) is 4.32. The first-order chi connectivity index (χ1) is 11.6. The molecule has 128 valence electrons. The summed E-state index contributed by atoms with van der Waals surface area (Å²) in [7, 11) is 0. The van der Waals surface area contributed by atoms with Crippen molar-refractivity contribution in [3.63, 3.8) is 0 Å². The van der Waals surface area contributed by atoms with Crippen LogP contribution < -0.4 is 11.1 Å². The average Bonchev–Trinajstić information content (AvgIpc) is 3.02. The minimum atomic E-state index is -0.589. The summed E-state index contributed by atoms with van der Waals surface area (Å²) < 4.78 is 8.04. The molecule has 0 radical (unpaired) electrons. The number of hydrogen-bond acceptors (Lipinski definition) is 5. The van der Waals surface area contributed by atoms with Gasteiger partial charge in [-0.05, 0) is 30.5 Å². The molecule has 1 aromatic heterocycles. The van der Waals surface area contributed by atoms with Crippen molar-refractivity contribution in [3.8, 4) is 0 Å². The van der Waals surface area contributed by atoms with Gasteiger partial charge in [-0.1, -0.05) is 28.1 Å². The van der Waals surface area contributed by atoms with Crippen molar-refractivity contribution in [2.24, 2.45) is 11.1 Å². The maximum absolute atomic E-state index is 12.6. The third-order valence-corrected chi connectivity index (χ3v) is 4.81. The number of benzene rings is 1. The zero-order chi connectivity index (χ0) is 17.0. The van der Waals surface area contributed by atoms with Crippen molar-refractivity contribution >= 4 is 27.8 Å². The number of halogens is 1. The molecule has 1 aliphatic rings. The van der Waals surface area contributed by atoms with Crippen LogP contribution in [-0.2, 0) is 16.1 Å². The molecular weight excluding hydrogens is 374 g/mol. The first kappa shape index (κ1) is 17.1. The molecule has 0 bridgehead atoms. The van der Waals surface area contributed by atoms with E-state index >= 15 is 0 Å². The lowest BCUT2D eigenvalue weighted by Gasteiger charge is -2.33. The zero-order valence-electron chi connectivity index (χ0n) is 13.2. The minimum Gasteiger partial charge on any atom is -0.381 e. The molecule has 1 aromatic carbocycles. The van der Waals surface area contributed by atoms with Crippen molar-refractivity contribution < 1.29 is 9.53 Å². The summed E-state index contributed by atoms with van der Waals surface area (Å²) in [5.41, 5.74) is 6.35. The number of anilines is 1. The molecular formula is C16H20BrN5O2. The summed E-state index contributed by atoms with van der Waals surface area (Å²) in [6, 6.07) is 7.97. The molecule has 1 amide bonds. The van der Waals surface area contributed by atoms with E-state index in [0.717, 1.165) is 10.0 Å². The Labute approximate surface area is 148 Å². The fourth-order valence-corrected chi connectivity index (χ4v) is 3.22. The lowest BCUT2D eigenvalue weighted by Crippen LogP contribution is -2.46.